The van der Waals surface area contributed by atoms with E-state index in [0.717, 1.165) is 0 Å². The molecule has 2 amide bonds. The molecule has 3 rings (SSSR count). The minimum absolute atomic E-state index is 0.0135. The van der Waals surface area contributed by atoms with Gasteiger partial charge in [0, 0.05) is 49.6 Å². The number of aliphatic hydroxyl groups is 1. The Labute approximate surface area is 201 Å². The summed E-state index contributed by atoms with van der Waals surface area (Å²) in [5, 5.41) is 12.6. The van der Waals surface area contributed by atoms with Crippen molar-refractivity contribution in [2.75, 3.05) is 26.7 Å². The first-order valence-corrected chi connectivity index (χ1v) is 12.7. The van der Waals surface area contributed by atoms with E-state index in [1.807, 2.05) is 20.8 Å². The van der Waals surface area contributed by atoms with Gasteiger partial charge in [-0.05, 0) is 38.5 Å². The number of benzene rings is 1. The lowest BCUT2D eigenvalue weighted by molar-refractivity contribution is 0.0810. The number of amides is 2. The zero-order chi connectivity index (χ0) is 25.0. The zero-order valence-electron chi connectivity index (χ0n) is 20.2. The van der Waals surface area contributed by atoms with Gasteiger partial charge in [-0.15, -0.1) is 0 Å². The van der Waals surface area contributed by atoms with Gasteiger partial charge in [0.15, 0.2) is 0 Å². The predicted molar refractivity (Wildman–Crippen MR) is 128 cm³/mol. The third-order valence-corrected chi connectivity index (χ3v) is 7.79. The van der Waals surface area contributed by atoms with E-state index in [9.17, 15) is 18.3 Å². The second-order valence-corrected chi connectivity index (χ2v) is 10.9. The Bertz CT molecular complexity index is 1100. The van der Waals surface area contributed by atoms with Gasteiger partial charge in [0.05, 0.1) is 13.2 Å². The van der Waals surface area contributed by atoms with E-state index in [4.69, 9.17) is 4.74 Å². The summed E-state index contributed by atoms with van der Waals surface area (Å²) < 4.78 is 34.7. The lowest BCUT2D eigenvalue weighted by atomic mass is 10.0. The summed E-state index contributed by atoms with van der Waals surface area (Å²) in [5.41, 5.74) is 1.42. The Morgan fingerprint density at radius 3 is 2.56 bits per heavy atom. The average Bonchev–Trinajstić information content (AvgIpc) is 2.80. The fraction of sp³-hybridized carbons (Fsp3) is 0.522. The number of urea groups is 1. The van der Waals surface area contributed by atoms with Crippen LogP contribution in [0.25, 0.3) is 11.1 Å². The summed E-state index contributed by atoms with van der Waals surface area (Å²) in [6, 6.07) is 3.97. The Morgan fingerprint density at radius 2 is 1.94 bits per heavy atom. The Hall–Kier alpha value is -2.76. The highest BCUT2D eigenvalue weighted by Gasteiger charge is 2.38. The molecule has 0 saturated carbocycles. The molecule has 0 bridgehead atoms. The number of hydrogen-bond donors (Lipinski definition) is 2. The van der Waals surface area contributed by atoms with Crippen molar-refractivity contribution < 1.29 is 23.1 Å². The first kappa shape index (κ1) is 25.9. The van der Waals surface area contributed by atoms with Crippen molar-refractivity contribution in [3.8, 4) is 16.9 Å². The van der Waals surface area contributed by atoms with Crippen molar-refractivity contribution in [1.82, 2.24) is 24.5 Å². The minimum Gasteiger partial charge on any atom is -0.487 e. The molecule has 2 heterocycles. The van der Waals surface area contributed by atoms with Crippen molar-refractivity contribution in [3.63, 3.8) is 0 Å². The van der Waals surface area contributed by atoms with Crippen molar-refractivity contribution in [1.29, 1.82) is 0 Å². The first-order valence-electron chi connectivity index (χ1n) is 11.2. The molecule has 1 aliphatic heterocycles. The Kier molecular flexibility index (Phi) is 8.11. The van der Waals surface area contributed by atoms with Crippen LogP contribution in [0, 0.1) is 5.92 Å². The number of sulfonamides is 1. The number of fused-ring (bicyclic) bond motifs is 1. The summed E-state index contributed by atoms with van der Waals surface area (Å²) in [6.07, 6.45) is 4.20. The second kappa shape index (κ2) is 10.7. The minimum atomic E-state index is -3.95. The molecule has 0 spiro atoms. The Balaban J connectivity index is 2.06. The van der Waals surface area contributed by atoms with Gasteiger partial charge in [0.1, 0.15) is 23.1 Å². The van der Waals surface area contributed by atoms with Crippen LogP contribution in [0.1, 0.15) is 27.7 Å². The maximum atomic E-state index is 13.6. The van der Waals surface area contributed by atoms with Gasteiger partial charge in [0.25, 0.3) is 0 Å². The van der Waals surface area contributed by atoms with Gasteiger partial charge in [-0.3, -0.25) is 0 Å². The zero-order valence-corrected chi connectivity index (χ0v) is 21.0. The molecule has 0 radical (unpaired) electrons. The Morgan fingerprint density at radius 1 is 1.26 bits per heavy atom. The van der Waals surface area contributed by atoms with Crippen molar-refractivity contribution >= 4 is 16.1 Å². The molecule has 3 atom stereocenters. The fourth-order valence-electron chi connectivity index (χ4n) is 3.78. The molecule has 2 N–H and O–H groups in total. The molecular weight excluding hydrogens is 458 g/mol. The SMILES string of the molecule is CC(C)NC(=O)N(C)C[C@H]1Oc2cc(-c3cncnc3)ccc2S(=O)(=O)N([C@H](C)CO)C[C@@H]1C. The van der Waals surface area contributed by atoms with Crippen LogP contribution in [0.4, 0.5) is 4.79 Å². The average molecular weight is 492 g/mol. The van der Waals surface area contributed by atoms with Gasteiger partial charge in [-0.25, -0.2) is 23.2 Å². The standard InChI is InChI=1S/C23H33N5O5S/c1-15(2)26-23(30)27(5)12-21-16(3)11-28(17(4)13-29)34(31,32)22-7-6-18(8-20(22)33-21)19-9-24-14-25-10-19/h6-10,14-17,21,29H,11-13H2,1-5H3,(H,26,30)/t16-,17+,21+/m0/s1. The van der Waals surface area contributed by atoms with Gasteiger partial charge in [-0.2, -0.15) is 4.31 Å². The van der Waals surface area contributed by atoms with Crippen molar-refractivity contribution in [2.24, 2.45) is 5.92 Å². The number of nitrogens with zero attached hydrogens (tertiary/aromatic N) is 4. The summed E-state index contributed by atoms with van der Waals surface area (Å²) in [7, 11) is -2.27. The molecule has 0 saturated heterocycles. The number of rotatable bonds is 6. The number of nitrogens with one attached hydrogen (secondary N) is 1. The highest BCUT2D eigenvalue weighted by atomic mass is 32.2. The molecule has 0 unspecified atom stereocenters. The van der Waals surface area contributed by atoms with E-state index in [-0.39, 0.29) is 48.3 Å². The molecule has 1 aromatic carbocycles. The topological polar surface area (TPSA) is 125 Å². The molecule has 1 aromatic heterocycles. The second-order valence-electron chi connectivity index (χ2n) is 9.01. The third-order valence-electron chi connectivity index (χ3n) is 5.77. The van der Waals surface area contributed by atoms with E-state index in [0.29, 0.717) is 11.1 Å². The molecule has 11 heteroatoms. The van der Waals surface area contributed by atoms with Gasteiger partial charge in [0.2, 0.25) is 10.0 Å². The van der Waals surface area contributed by atoms with Crippen LogP contribution in [0.3, 0.4) is 0 Å². The monoisotopic (exact) mass is 491 g/mol. The third kappa shape index (κ3) is 5.65. The summed E-state index contributed by atoms with van der Waals surface area (Å²) in [4.78, 5) is 22.1. The number of ether oxygens (including phenoxy) is 1. The number of aromatic nitrogens is 2. The highest BCUT2D eigenvalue weighted by Crippen LogP contribution is 2.36. The normalized spacial score (nSPS) is 21.0. The van der Waals surface area contributed by atoms with Crippen LogP contribution in [-0.4, -0.2) is 83.7 Å². The molecular formula is C23H33N5O5S. The number of likely N-dealkylation sites (N-methyl/N-ethyl adjacent to an activating group) is 1. The largest absolute Gasteiger partial charge is 0.487 e. The summed E-state index contributed by atoms with van der Waals surface area (Å²) in [5.74, 6) is -0.0827. The van der Waals surface area contributed by atoms with E-state index in [2.05, 4.69) is 15.3 Å². The van der Waals surface area contributed by atoms with E-state index < -0.39 is 22.2 Å². The van der Waals surface area contributed by atoms with Crippen LogP contribution < -0.4 is 10.1 Å². The van der Waals surface area contributed by atoms with E-state index >= 15 is 0 Å². The molecule has 10 nitrogen and oxygen atoms in total. The van der Waals surface area contributed by atoms with Crippen molar-refractivity contribution in [3.05, 3.63) is 36.9 Å². The predicted octanol–water partition coefficient (Wildman–Crippen LogP) is 1.96. The lowest BCUT2D eigenvalue weighted by Crippen LogP contribution is -2.51. The van der Waals surface area contributed by atoms with Gasteiger partial charge < -0.3 is 20.1 Å². The van der Waals surface area contributed by atoms with Crippen LogP contribution in [0.5, 0.6) is 5.75 Å². The molecule has 0 fully saturated rings. The van der Waals surface area contributed by atoms with Crippen LogP contribution in [0.2, 0.25) is 0 Å². The summed E-state index contributed by atoms with van der Waals surface area (Å²) >= 11 is 0. The fourth-order valence-corrected chi connectivity index (χ4v) is 5.61. The van der Waals surface area contributed by atoms with Crippen molar-refractivity contribution in [2.45, 2.75) is 50.8 Å². The maximum Gasteiger partial charge on any atom is 0.317 e. The molecule has 186 valence electrons. The van der Waals surface area contributed by atoms with Crippen LogP contribution in [-0.2, 0) is 10.0 Å². The highest BCUT2D eigenvalue weighted by molar-refractivity contribution is 7.89. The van der Waals surface area contributed by atoms with E-state index in [1.165, 1.54) is 21.6 Å². The smallest absolute Gasteiger partial charge is 0.317 e. The quantitative estimate of drug-likeness (QED) is 0.633. The lowest BCUT2D eigenvalue weighted by Gasteiger charge is -2.37. The molecule has 2 aromatic rings. The van der Waals surface area contributed by atoms with Crippen LogP contribution >= 0.6 is 0 Å². The van der Waals surface area contributed by atoms with E-state index in [1.54, 1.807) is 38.5 Å². The van der Waals surface area contributed by atoms with Gasteiger partial charge >= 0.3 is 6.03 Å². The first-order chi connectivity index (χ1) is 16.0. The number of hydrogen-bond acceptors (Lipinski definition) is 7. The molecule has 0 aliphatic carbocycles. The number of carbonyl (C=O) groups is 1. The maximum absolute atomic E-state index is 13.6. The number of carbonyl (C=O) groups excluding carboxylic acids is 1. The van der Waals surface area contributed by atoms with Crippen LogP contribution in [0.15, 0.2) is 41.8 Å². The molecule has 34 heavy (non-hydrogen) atoms. The van der Waals surface area contributed by atoms with Gasteiger partial charge in [-0.1, -0.05) is 13.0 Å². The number of aliphatic hydroxyl groups excluding tert-OH is 1. The summed E-state index contributed by atoms with van der Waals surface area (Å²) in [6.45, 7) is 7.38. The molecule has 1 aliphatic rings.